The third-order valence-corrected chi connectivity index (χ3v) is 6.50. The number of carbonyl (C=O) groups excluding carboxylic acids is 2. The second-order valence-corrected chi connectivity index (χ2v) is 8.70. The van der Waals surface area contributed by atoms with Gasteiger partial charge in [0.2, 0.25) is 5.91 Å². The molecule has 9 nitrogen and oxygen atoms in total. The molecule has 2 aromatic carbocycles. The van der Waals surface area contributed by atoms with Crippen molar-refractivity contribution in [3.05, 3.63) is 75.7 Å². The minimum atomic E-state index is -0.444. The second kappa shape index (κ2) is 10.4. The van der Waals surface area contributed by atoms with Gasteiger partial charge in [-0.1, -0.05) is 25.1 Å². The van der Waals surface area contributed by atoms with Crippen LogP contribution < -0.4 is 25.7 Å². The summed E-state index contributed by atoms with van der Waals surface area (Å²) in [7, 11) is 2.90. The van der Waals surface area contributed by atoms with E-state index in [1.807, 2.05) is 19.1 Å². The Morgan fingerprint density at radius 2 is 1.66 bits per heavy atom. The first-order chi connectivity index (χ1) is 16.9. The Balaban J connectivity index is 1.55. The van der Waals surface area contributed by atoms with Crippen molar-refractivity contribution in [3.8, 4) is 11.5 Å². The highest BCUT2D eigenvalue weighted by Crippen LogP contribution is 2.36. The monoisotopic (exact) mass is 492 g/mol. The van der Waals surface area contributed by atoms with Gasteiger partial charge < -0.3 is 20.1 Å². The minimum absolute atomic E-state index is 0.225. The van der Waals surface area contributed by atoms with Gasteiger partial charge in [-0.15, -0.1) is 11.3 Å². The van der Waals surface area contributed by atoms with Gasteiger partial charge in [0.05, 0.1) is 37.3 Å². The zero-order valence-corrected chi connectivity index (χ0v) is 20.3. The quantitative estimate of drug-likeness (QED) is 0.386. The summed E-state index contributed by atoms with van der Waals surface area (Å²) in [5.74, 6) is -0.116. The number of benzene rings is 2. The van der Waals surface area contributed by atoms with Gasteiger partial charge in [-0.05, 0) is 24.6 Å². The summed E-state index contributed by atoms with van der Waals surface area (Å²) in [6.07, 6.45) is 2.19. The van der Waals surface area contributed by atoms with Crippen LogP contribution in [0.5, 0.6) is 11.5 Å². The van der Waals surface area contributed by atoms with Crippen LogP contribution in [0.25, 0.3) is 10.2 Å². The molecule has 0 atom stereocenters. The van der Waals surface area contributed by atoms with E-state index in [9.17, 15) is 14.4 Å². The molecule has 2 aromatic heterocycles. The second-order valence-electron chi connectivity index (χ2n) is 7.58. The third-order valence-electron chi connectivity index (χ3n) is 5.31. The van der Waals surface area contributed by atoms with Gasteiger partial charge in [0, 0.05) is 22.6 Å². The fraction of sp³-hybridized carbons (Fsp3) is 0.200. The molecule has 0 aliphatic carbocycles. The molecule has 0 unspecified atom stereocenters. The van der Waals surface area contributed by atoms with E-state index in [1.165, 1.54) is 36.5 Å². The molecule has 0 aliphatic rings. The summed E-state index contributed by atoms with van der Waals surface area (Å²) in [5.41, 5.74) is 0.924. The lowest BCUT2D eigenvalue weighted by atomic mass is 10.2. The molecule has 2 heterocycles. The normalized spacial score (nSPS) is 10.7. The maximum absolute atomic E-state index is 12.8. The van der Waals surface area contributed by atoms with Gasteiger partial charge >= 0.3 is 0 Å². The molecule has 2 N–H and O–H groups in total. The topological polar surface area (TPSA) is 112 Å². The fourth-order valence-corrected chi connectivity index (χ4v) is 4.44. The van der Waals surface area contributed by atoms with Gasteiger partial charge in [0.15, 0.2) is 0 Å². The van der Waals surface area contributed by atoms with E-state index in [1.54, 1.807) is 36.4 Å². The first-order valence-corrected chi connectivity index (χ1v) is 11.6. The molecule has 35 heavy (non-hydrogen) atoms. The Kier molecular flexibility index (Phi) is 7.11. The van der Waals surface area contributed by atoms with E-state index in [4.69, 9.17) is 9.47 Å². The van der Waals surface area contributed by atoms with E-state index < -0.39 is 5.91 Å². The van der Waals surface area contributed by atoms with E-state index >= 15 is 0 Å². The number of nitrogens with zero attached hydrogens (tertiary/aromatic N) is 2. The number of nitrogens with one attached hydrogen (secondary N) is 2. The van der Waals surface area contributed by atoms with Crippen molar-refractivity contribution in [1.29, 1.82) is 0 Å². The Hall–Kier alpha value is -4.18. The van der Waals surface area contributed by atoms with Gasteiger partial charge in [-0.2, -0.15) is 0 Å². The summed E-state index contributed by atoms with van der Waals surface area (Å²) >= 11 is 1.47. The number of rotatable bonds is 8. The molecule has 0 spiro atoms. The zero-order valence-electron chi connectivity index (χ0n) is 19.5. The van der Waals surface area contributed by atoms with Crippen molar-refractivity contribution < 1.29 is 19.1 Å². The lowest BCUT2D eigenvalue weighted by molar-refractivity contribution is -0.116. The number of aromatic nitrogens is 2. The van der Waals surface area contributed by atoms with Crippen LogP contribution in [0.1, 0.15) is 22.2 Å². The zero-order chi connectivity index (χ0) is 24.9. The predicted octanol–water partition coefficient (Wildman–Crippen LogP) is 3.93. The first kappa shape index (κ1) is 24.0. The average molecular weight is 493 g/mol. The summed E-state index contributed by atoms with van der Waals surface area (Å²) in [4.78, 5) is 44.2. The highest BCUT2D eigenvalue weighted by Gasteiger charge is 2.17. The Labute approximate surface area is 205 Å². The highest BCUT2D eigenvalue weighted by atomic mass is 32.1. The number of thiophene rings is 1. The van der Waals surface area contributed by atoms with Crippen molar-refractivity contribution >= 4 is 44.7 Å². The van der Waals surface area contributed by atoms with Crippen LogP contribution in [-0.4, -0.2) is 35.6 Å². The van der Waals surface area contributed by atoms with Gasteiger partial charge in [-0.3, -0.25) is 19.0 Å². The third kappa shape index (κ3) is 5.17. The maximum Gasteiger partial charge on any atom is 0.262 e. The van der Waals surface area contributed by atoms with Crippen molar-refractivity contribution in [1.82, 2.24) is 9.55 Å². The summed E-state index contributed by atoms with van der Waals surface area (Å²) in [5, 5.41) is 6.04. The predicted molar refractivity (Wildman–Crippen MR) is 136 cm³/mol. The molecule has 10 heteroatoms. The number of anilines is 2. The van der Waals surface area contributed by atoms with Crippen LogP contribution in [-0.2, 0) is 17.8 Å². The molecule has 4 aromatic rings. The number of hydrogen-bond donors (Lipinski definition) is 2. The SMILES string of the molecule is CCc1cc2c(=O)n(CC(=O)Nc3cc(OC)c(NC(=O)c4ccccc4)cc3OC)cnc2s1. The number of hydrogen-bond acceptors (Lipinski definition) is 7. The Morgan fingerprint density at radius 1 is 1.00 bits per heavy atom. The highest BCUT2D eigenvalue weighted by molar-refractivity contribution is 7.18. The summed E-state index contributed by atoms with van der Waals surface area (Å²) in [6.45, 7) is 1.79. The fourth-order valence-electron chi connectivity index (χ4n) is 3.52. The molecule has 0 saturated carbocycles. The molecule has 2 amide bonds. The molecular formula is C25H24N4O5S. The van der Waals surface area contributed by atoms with E-state index in [2.05, 4.69) is 15.6 Å². The number of amides is 2. The van der Waals surface area contributed by atoms with Crippen molar-refractivity contribution in [2.24, 2.45) is 0 Å². The molecular weight excluding hydrogens is 468 g/mol. The van der Waals surface area contributed by atoms with Crippen LogP contribution in [0.15, 0.2) is 59.7 Å². The molecule has 0 bridgehead atoms. The van der Waals surface area contributed by atoms with Crippen LogP contribution in [0.4, 0.5) is 11.4 Å². The average Bonchev–Trinajstić information content (AvgIpc) is 3.31. The summed E-state index contributed by atoms with van der Waals surface area (Å²) < 4.78 is 12.1. The lowest BCUT2D eigenvalue weighted by Gasteiger charge is -2.16. The lowest BCUT2D eigenvalue weighted by Crippen LogP contribution is -2.27. The van der Waals surface area contributed by atoms with Crippen molar-refractivity contribution in [3.63, 3.8) is 0 Å². The van der Waals surface area contributed by atoms with E-state index in [-0.39, 0.29) is 18.0 Å². The van der Waals surface area contributed by atoms with Gasteiger partial charge in [0.1, 0.15) is 22.9 Å². The maximum atomic E-state index is 12.8. The van der Waals surface area contributed by atoms with Crippen LogP contribution in [0.2, 0.25) is 0 Å². The number of methoxy groups -OCH3 is 2. The minimum Gasteiger partial charge on any atom is -0.494 e. The Morgan fingerprint density at radius 3 is 2.29 bits per heavy atom. The molecule has 0 saturated heterocycles. The number of fused-ring (bicyclic) bond motifs is 1. The van der Waals surface area contributed by atoms with E-state index in [0.29, 0.717) is 38.7 Å². The number of aryl methyl sites for hydroxylation is 1. The van der Waals surface area contributed by atoms with Gasteiger partial charge in [0.25, 0.3) is 11.5 Å². The van der Waals surface area contributed by atoms with E-state index in [0.717, 1.165) is 11.3 Å². The van der Waals surface area contributed by atoms with Crippen molar-refractivity contribution in [2.45, 2.75) is 19.9 Å². The largest absolute Gasteiger partial charge is 0.494 e. The molecule has 0 radical (unpaired) electrons. The molecule has 0 fully saturated rings. The van der Waals surface area contributed by atoms with Crippen LogP contribution >= 0.6 is 11.3 Å². The standard InChI is InChI=1S/C25H24N4O5S/c1-4-16-10-17-24(35-16)26-14-29(25(17)32)13-22(30)27-18-11-21(34-3)19(12-20(18)33-2)28-23(31)15-8-6-5-7-9-15/h5-12,14H,4,13H2,1-3H3,(H,27,30)(H,28,31). The molecule has 180 valence electrons. The summed E-state index contributed by atoms with van der Waals surface area (Å²) in [6, 6.07) is 13.7. The number of carbonyl (C=O) groups is 2. The smallest absolute Gasteiger partial charge is 0.262 e. The van der Waals surface area contributed by atoms with Gasteiger partial charge in [-0.25, -0.2) is 4.98 Å². The van der Waals surface area contributed by atoms with Crippen LogP contribution in [0, 0.1) is 0 Å². The van der Waals surface area contributed by atoms with Crippen molar-refractivity contribution in [2.75, 3.05) is 24.9 Å². The van der Waals surface area contributed by atoms with Crippen LogP contribution in [0.3, 0.4) is 0 Å². The number of ether oxygens (including phenoxy) is 2. The first-order valence-electron chi connectivity index (χ1n) is 10.8. The Bertz CT molecular complexity index is 1450. The molecule has 4 rings (SSSR count). The molecule has 0 aliphatic heterocycles.